The molecule has 0 saturated carbocycles. The normalized spacial score (nSPS) is 23.9. The number of aromatic nitrogens is 2. The molecule has 0 aliphatic carbocycles. The first-order valence-corrected chi connectivity index (χ1v) is 10.9. The minimum Gasteiger partial charge on any atom is -0.297 e. The largest absolute Gasteiger partial charge is 0.297 e. The van der Waals surface area contributed by atoms with Crippen LogP contribution in [0.15, 0.2) is 42.7 Å². The Morgan fingerprint density at radius 1 is 1.00 bits per heavy atom. The highest BCUT2D eigenvalue weighted by Gasteiger charge is 2.33. The summed E-state index contributed by atoms with van der Waals surface area (Å²) < 4.78 is 23.3. The predicted molar refractivity (Wildman–Crippen MR) is 101 cm³/mol. The molecule has 1 aromatic heterocycles. The van der Waals surface area contributed by atoms with E-state index >= 15 is 0 Å². The number of rotatable bonds is 4. The van der Waals surface area contributed by atoms with Gasteiger partial charge in [0.2, 0.25) is 0 Å². The first-order valence-electron chi connectivity index (χ1n) is 9.12. The van der Waals surface area contributed by atoms with Crippen LogP contribution in [0.25, 0.3) is 11.4 Å². The number of nitrogens with zero attached hydrogens (tertiary/aromatic N) is 4. The average Bonchev–Trinajstić information content (AvgIpc) is 3.04. The lowest BCUT2D eigenvalue weighted by atomic mass is 10.2. The summed E-state index contributed by atoms with van der Waals surface area (Å²) in [5, 5.41) is 0. The Kier molecular flexibility index (Phi) is 5.02. The zero-order valence-corrected chi connectivity index (χ0v) is 15.6. The van der Waals surface area contributed by atoms with Crippen molar-refractivity contribution in [2.45, 2.75) is 19.0 Å². The number of sulfone groups is 1. The van der Waals surface area contributed by atoms with E-state index in [9.17, 15) is 8.42 Å². The maximum atomic E-state index is 11.7. The zero-order valence-electron chi connectivity index (χ0n) is 14.8. The van der Waals surface area contributed by atoms with Crippen LogP contribution >= 0.6 is 0 Å². The third-order valence-corrected chi connectivity index (χ3v) is 7.03. The van der Waals surface area contributed by atoms with Gasteiger partial charge in [-0.1, -0.05) is 30.3 Å². The summed E-state index contributed by atoms with van der Waals surface area (Å²) in [7, 11) is -2.81. The van der Waals surface area contributed by atoms with E-state index in [1.807, 2.05) is 42.7 Å². The Morgan fingerprint density at radius 2 is 1.69 bits per heavy atom. The molecule has 4 rings (SSSR count). The van der Waals surface area contributed by atoms with Crippen LogP contribution < -0.4 is 0 Å². The molecular formula is C19H24N4O2S. The minimum atomic E-state index is -2.81. The molecule has 138 valence electrons. The molecule has 0 amide bonds. The van der Waals surface area contributed by atoms with Crippen LogP contribution in [0.1, 0.15) is 12.0 Å². The molecule has 1 aromatic carbocycles. The molecule has 0 bridgehead atoms. The lowest BCUT2D eigenvalue weighted by molar-refractivity contribution is 0.0999. The molecule has 26 heavy (non-hydrogen) atoms. The van der Waals surface area contributed by atoms with Gasteiger partial charge in [0.05, 0.1) is 11.5 Å². The molecule has 2 aromatic rings. The van der Waals surface area contributed by atoms with Gasteiger partial charge in [-0.25, -0.2) is 18.4 Å². The summed E-state index contributed by atoms with van der Waals surface area (Å²) in [6, 6.07) is 10.2. The second-order valence-corrected chi connectivity index (χ2v) is 9.38. The Morgan fingerprint density at radius 3 is 2.31 bits per heavy atom. The van der Waals surface area contributed by atoms with Crippen LogP contribution in [0, 0.1) is 0 Å². The van der Waals surface area contributed by atoms with Crippen molar-refractivity contribution >= 4 is 9.84 Å². The van der Waals surface area contributed by atoms with Crippen LogP contribution in [0.4, 0.5) is 0 Å². The highest BCUT2D eigenvalue weighted by molar-refractivity contribution is 7.91. The molecule has 0 spiro atoms. The van der Waals surface area contributed by atoms with Crippen LogP contribution in [0.2, 0.25) is 0 Å². The summed E-state index contributed by atoms with van der Waals surface area (Å²) in [4.78, 5) is 13.7. The van der Waals surface area contributed by atoms with E-state index in [1.165, 1.54) is 0 Å². The van der Waals surface area contributed by atoms with Crippen LogP contribution in [-0.4, -0.2) is 71.9 Å². The van der Waals surface area contributed by atoms with Crippen molar-refractivity contribution in [1.29, 1.82) is 0 Å². The van der Waals surface area contributed by atoms with Crippen LogP contribution in [0.3, 0.4) is 0 Å². The standard InChI is InChI=1S/C19H24N4O2S/c24-26(25)11-6-18(15-26)23-9-7-22(8-10-23)14-16-12-20-19(21-13-16)17-4-2-1-3-5-17/h1-5,12-13,18H,6-11,14-15H2/t18-/m1/s1. The molecule has 3 heterocycles. The highest BCUT2D eigenvalue weighted by Crippen LogP contribution is 2.20. The third kappa shape index (κ3) is 4.11. The van der Waals surface area contributed by atoms with Gasteiger partial charge >= 0.3 is 0 Å². The highest BCUT2D eigenvalue weighted by atomic mass is 32.2. The molecule has 6 nitrogen and oxygen atoms in total. The van der Waals surface area contributed by atoms with Gasteiger partial charge in [-0.05, 0) is 6.42 Å². The summed E-state index contributed by atoms with van der Waals surface area (Å²) in [6.07, 6.45) is 4.60. The fraction of sp³-hybridized carbons (Fsp3) is 0.474. The molecule has 0 unspecified atom stereocenters. The van der Waals surface area contributed by atoms with E-state index in [2.05, 4.69) is 19.8 Å². The molecule has 7 heteroatoms. The van der Waals surface area contributed by atoms with Gasteiger partial charge in [-0.3, -0.25) is 9.80 Å². The van der Waals surface area contributed by atoms with E-state index in [4.69, 9.17) is 0 Å². The van der Waals surface area contributed by atoms with Gasteiger partial charge in [-0.2, -0.15) is 0 Å². The molecule has 0 radical (unpaired) electrons. The smallest absolute Gasteiger partial charge is 0.159 e. The summed E-state index contributed by atoms with van der Waals surface area (Å²) >= 11 is 0. The molecule has 2 aliphatic heterocycles. The summed E-state index contributed by atoms with van der Waals surface area (Å²) in [5.74, 6) is 1.44. The Bertz CT molecular complexity index is 832. The SMILES string of the molecule is O=S1(=O)CC[C@@H](N2CCN(Cc3cnc(-c4ccccc4)nc3)CC2)C1. The lowest BCUT2D eigenvalue weighted by Gasteiger charge is -2.37. The van der Waals surface area contributed by atoms with E-state index < -0.39 is 9.84 Å². The Balaban J connectivity index is 1.31. The number of hydrogen-bond acceptors (Lipinski definition) is 6. The molecule has 2 aliphatic rings. The van der Waals surface area contributed by atoms with E-state index in [1.54, 1.807) is 0 Å². The van der Waals surface area contributed by atoms with Crippen molar-refractivity contribution in [3.8, 4) is 11.4 Å². The third-order valence-electron chi connectivity index (χ3n) is 5.28. The first kappa shape index (κ1) is 17.6. The van der Waals surface area contributed by atoms with Crippen LogP contribution in [-0.2, 0) is 16.4 Å². The Labute approximate surface area is 154 Å². The van der Waals surface area contributed by atoms with Crippen molar-refractivity contribution in [2.75, 3.05) is 37.7 Å². The van der Waals surface area contributed by atoms with Gasteiger partial charge in [0, 0.05) is 62.3 Å². The maximum Gasteiger partial charge on any atom is 0.159 e. The Hall–Kier alpha value is -1.83. The van der Waals surface area contributed by atoms with E-state index in [-0.39, 0.29) is 6.04 Å². The van der Waals surface area contributed by atoms with Crippen molar-refractivity contribution in [3.05, 3.63) is 48.3 Å². The quantitative estimate of drug-likeness (QED) is 0.809. The van der Waals surface area contributed by atoms with Gasteiger partial charge in [0.15, 0.2) is 15.7 Å². The lowest BCUT2D eigenvalue weighted by Crippen LogP contribution is -2.50. The molecule has 2 fully saturated rings. The van der Waals surface area contributed by atoms with Gasteiger partial charge in [0.25, 0.3) is 0 Å². The number of piperazine rings is 1. The average molecular weight is 372 g/mol. The van der Waals surface area contributed by atoms with Crippen LogP contribution in [0.5, 0.6) is 0 Å². The minimum absolute atomic E-state index is 0.218. The van der Waals surface area contributed by atoms with Crippen molar-refractivity contribution in [1.82, 2.24) is 19.8 Å². The van der Waals surface area contributed by atoms with Gasteiger partial charge < -0.3 is 0 Å². The fourth-order valence-corrected chi connectivity index (χ4v) is 5.54. The molecule has 1 atom stereocenters. The molecular weight excluding hydrogens is 348 g/mol. The van der Waals surface area contributed by atoms with Crippen molar-refractivity contribution in [3.63, 3.8) is 0 Å². The summed E-state index contributed by atoms with van der Waals surface area (Å²) in [6.45, 7) is 4.62. The molecule has 2 saturated heterocycles. The first-order chi connectivity index (χ1) is 12.6. The number of hydrogen-bond donors (Lipinski definition) is 0. The van der Waals surface area contributed by atoms with Crippen molar-refractivity contribution in [2.24, 2.45) is 0 Å². The number of benzene rings is 1. The van der Waals surface area contributed by atoms with Gasteiger partial charge in [-0.15, -0.1) is 0 Å². The van der Waals surface area contributed by atoms with Gasteiger partial charge in [0.1, 0.15) is 0 Å². The fourth-order valence-electron chi connectivity index (χ4n) is 3.78. The predicted octanol–water partition coefficient (Wildman–Crippen LogP) is 1.45. The topological polar surface area (TPSA) is 66.4 Å². The van der Waals surface area contributed by atoms with E-state index in [0.29, 0.717) is 11.5 Å². The second-order valence-electron chi connectivity index (χ2n) is 7.15. The van der Waals surface area contributed by atoms with E-state index in [0.717, 1.165) is 56.1 Å². The summed E-state index contributed by atoms with van der Waals surface area (Å²) in [5.41, 5.74) is 2.14. The monoisotopic (exact) mass is 372 g/mol. The maximum absolute atomic E-state index is 11.7. The second kappa shape index (κ2) is 7.42. The van der Waals surface area contributed by atoms with Crippen molar-refractivity contribution < 1.29 is 8.42 Å². The zero-order chi connectivity index (χ0) is 18.0. The molecule has 0 N–H and O–H groups in total.